The molecule has 0 aromatic heterocycles. The Labute approximate surface area is 99.0 Å². The van der Waals surface area contributed by atoms with Crippen molar-refractivity contribution < 1.29 is 0 Å². The van der Waals surface area contributed by atoms with Gasteiger partial charge in [0.1, 0.15) is 0 Å². The zero-order valence-electron chi connectivity index (χ0n) is 10.6. The topological polar surface area (TPSA) is 29.3 Å². The Morgan fingerprint density at radius 2 is 2.07 bits per heavy atom. The molecule has 90 valence electrons. The molecule has 1 saturated heterocycles. The van der Waals surface area contributed by atoms with E-state index in [9.17, 15) is 0 Å². The lowest BCUT2D eigenvalue weighted by atomic mass is 9.95. The van der Waals surface area contributed by atoms with Crippen molar-refractivity contribution in [2.75, 3.05) is 31.9 Å². The molecule has 1 aliphatic heterocycles. The quantitative estimate of drug-likeness (QED) is 0.801. The van der Waals surface area contributed by atoms with E-state index >= 15 is 0 Å². The first-order valence-corrected chi connectivity index (χ1v) is 6.99. The average Bonchev–Trinajstić information content (AvgIpc) is 2.12. The largest absolute Gasteiger partial charge is 0.330 e. The van der Waals surface area contributed by atoms with Gasteiger partial charge in [0.2, 0.25) is 0 Å². The molecule has 0 aliphatic carbocycles. The normalized spacial score (nSPS) is 24.4. The molecule has 0 spiro atoms. The van der Waals surface area contributed by atoms with Gasteiger partial charge in [0, 0.05) is 30.1 Å². The summed E-state index contributed by atoms with van der Waals surface area (Å²) in [6.45, 7) is 13.7. The third-order valence-electron chi connectivity index (χ3n) is 3.24. The summed E-state index contributed by atoms with van der Waals surface area (Å²) in [5.41, 5.74) is 5.83. The minimum absolute atomic E-state index is 0.425. The van der Waals surface area contributed by atoms with Gasteiger partial charge in [-0.2, -0.15) is 11.8 Å². The van der Waals surface area contributed by atoms with Gasteiger partial charge in [-0.3, -0.25) is 0 Å². The lowest BCUT2D eigenvalue weighted by Gasteiger charge is -2.39. The molecule has 0 aromatic carbocycles. The van der Waals surface area contributed by atoms with Gasteiger partial charge in [-0.15, -0.1) is 0 Å². The Morgan fingerprint density at radius 3 is 2.53 bits per heavy atom. The fraction of sp³-hybridized carbons (Fsp3) is 1.00. The first-order valence-electron chi connectivity index (χ1n) is 6.01. The predicted molar refractivity (Wildman–Crippen MR) is 70.4 cm³/mol. The summed E-state index contributed by atoms with van der Waals surface area (Å²) in [6, 6.07) is 0. The molecule has 1 fully saturated rings. The Hall–Kier alpha value is 0.270. The van der Waals surface area contributed by atoms with E-state index in [1.807, 2.05) is 0 Å². The van der Waals surface area contributed by atoms with Crippen LogP contribution >= 0.6 is 11.8 Å². The minimum Gasteiger partial charge on any atom is -0.330 e. The van der Waals surface area contributed by atoms with E-state index in [-0.39, 0.29) is 0 Å². The van der Waals surface area contributed by atoms with E-state index in [1.165, 1.54) is 25.4 Å². The van der Waals surface area contributed by atoms with Crippen molar-refractivity contribution in [3.63, 3.8) is 0 Å². The maximum Gasteiger partial charge on any atom is 0.0231 e. The van der Waals surface area contributed by atoms with Crippen LogP contribution in [0, 0.1) is 11.8 Å². The van der Waals surface area contributed by atoms with E-state index in [4.69, 9.17) is 5.73 Å². The van der Waals surface area contributed by atoms with Crippen LogP contribution in [0.1, 0.15) is 27.7 Å². The first-order chi connectivity index (χ1) is 6.94. The second kappa shape index (κ2) is 5.55. The van der Waals surface area contributed by atoms with Crippen molar-refractivity contribution in [2.45, 2.75) is 32.4 Å². The fourth-order valence-electron chi connectivity index (χ4n) is 2.16. The van der Waals surface area contributed by atoms with E-state index in [0.717, 1.165) is 6.54 Å². The summed E-state index contributed by atoms with van der Waals surface area (Å²) in [7, 11) is 0. The number of thioether (sulfide) groups is 1. The highest BCUT2D eigenvalue weighted by Crippen LogP contribution is 2.30. The van der Waals surface area contributed by atoms with Crippen molar-refractivity contribution in [2.24, 2.45) is 17.6 Å². The fourth-order valence-corrected chi connectivity index (χ4v) is 3.34. The van der Waals surface area contributed by atoms with Crippen LogP contribution in [-0.2, 0) is 0 Å². The van der Waals surface area contributed by atoms with E-state index in [1.54, 1.807) is 0 Å². The van der Waals surface area contributed by atoms with Crippen LogP contribution in [0.4, 0.5) is 0 Å². The zero-order valence-corrected chi connectivity index (χ0v) is 11.4. The predicted octanol–water partition coefficient (Wildman–Crippen LogP) is 2.04. The third-order valence-corrected chi connectivity index (χ3v) is 4.54. The molecule has 2 nitrogen and oxygen atoms in total. The third kappa shape index (κ3) is 4.33. The molecular weight excluding hydrogens is 204 g/mol. The van der Waals surface area contributed by atoms with Crippen LogP contribution in [-0.4, -0.2) is 41.6 Å². The zero-order chi connectivity index (χ0) is 11.5. The molecule has 2 N–H and O–H groups in total. The number of hydrogen-bond donors (Lipinski definition) is 1. The van der Waals surface area contributed by atoms with Crippen LogP contribution < -0.4 is 5.73 Å². The highest BCUT2D eigenvalue weighted by Gasteiger charge is 2.28. The smallest absolute Gasteiger partial charge is 0.0231 e. The molecule has 0 aromatic rings. The van der Waals surface area contributed by atoms with Gasteiger partial charge in [-0.05, 0) is 32.2 Å². The van der Waals surface area contributed by atoms with Gasteiger partial charge >= 0.3 is 0 Å². The molecule has 0 saturated carbocycles. The number of nitrogens with zero attached hydrogens (tertiary/aromatic N) is 1. The molecular formula is C12H26N2S. The molecule has 1 unspecified atom stereocenters. The second-order valence-electron chi connectivity index (χ2n) is 5.58. The minimum atomic E-state index is 0.425. The average molecular weight is 230 g/mol. The summed E-state index contributed by atoms with van der Waals surface area (Å²) >= 11 is 2.09. The molecule has 1 heterocycles. The van der Waals surface area contributed by atoms with Crippen LogP contribution in [0.15, 0.2) is 0 Å². The van der Waals surface area contributed by atoms with Crippen molar-refractivity contribution in [1.82, 2.24) is 4.90 Å². The molecule has 0 radical (unpaired) electrons. The van der Waals surface area contributed by atoms with Crippen molar-refractivity contribution >= 4 is 11.8 Å². The Kier molecular flexibility index (Phi) is 4.94. The summed E-state index contributed by atoms with van der Waals surface area (Å²) in [5, 5.41) is 0. The lowest BCUT2D eigenvalue weighted by Crippen LogP contribution is -2.46. The maximum atomic E-state index is 5.83. The molecule has 0 amide bonds. The highest BCUT2D eigenvalue weighted by atomic mass is 32.2. The van der Waals surface area contributed by atoms with Crippen LogP contribution in [0.3, 0.4) is 0 Å². The Bertz CT molecular complexity index is 192. The first kappa shape index (κ1) is 13.3. The summed E-state index contributed by atoms with van der Waals surface area (Å²) in [6.07, 6.45) is 0. The van der Waals surface area contributed by atoms with Gasteiger partial charge in [-0.1, -0.05) is 13.8 Å². The lowest BCUT2D eigenvalue weighted by molar-refractivity contribution is 0.197. The highest BCUT2D eigenvalue weighted by molar-refractivity contribution is 8.00. The number of hydrogen-bond acceptors (Lipinski definition) is 3. The summed E-state index contributed by atoms with van der Waals surface area (Å²) in [5.74, 6) is 2.62. The molecule has 3 heteroatoms. The van der Waals surface area contributed by atoms with E-state index in [2.05, 4.69) is 44.4 Å². The Balaban J connectivity index is 2.43. The molecule has 0 bridgehead atoms. The monoisotopic (exact) mass is 230 g/mol. The standard InChI is InChI=1S/C12H26N2S/c1-10(2)11(7-13)8-14-5-6-15-12(3,4)9-14/h10-11H,5-9,13H2,1-4H3. The van der Waals surface area contributed by atoms with Crippen LogP contribution in [0.5, 0.6) is 0 Å². The summed E-state index contributed by atoms with van der Waals surface area (Å²) in [4.78, 5) is 2.59. The van der Waals surface area contributed by atoms with E-state index in [0.29, 0.717) is 16.6 Å². The van der Waals surface area contributed by atoms with E-state index < -0.39 is 0 Å². The van der Waals surface area contributed by atoms with Gasteiger partial charge in [0.05, 0.1) is 0 Å². The molecule has 1 rings (SSSR count). The SMILES string of the molecule is CC(C)C(CN)CN1CCSC(C)(C)C1. The Morgan fingerprint density at radius 1 is 1.40 bits per heavy atom. The summed E-state index contributed by atoms with van der Waals surface area (Å²) < 4.78 is 0.425. The van der Waals surface area contributed by atoms with Gasteiger partial charge in [0.15, 0.2) is 0 Å². The molecule has 1 aliphatic rings. The molecule has 15 heavy (non-hydrogen) atoms. The van der Waals surface area contributed by atoms with Crippen molar-refractivity contribution in [1.29, 1.82) is 0 Å². The maximum absolute atomic E-state index is 5.83. The van der Waals surface area contributed by atoms with Gasteiger partial charge in [0.25, 0.3) is 0 Å². The van der Waals surface area contributed by atoms with Crippen LogP contribution in [0.25, 0.3) is 0 Å². The number of rotatable bonds is 4. The van der Waals surface area contributed by atoms with Crippen molar-refractivity contribution in [3.8, 4) is 0 Å². The van der Waals surface area contributed by atoms with Gasteiger partial charge in [-0.25, -0.2) is 0 Å². The van der Waals surface area contributed by atoms with Crippen LogP contribution in [0.2, 0.25) is 0 Å². The number of nitrogens with two attached hydrogens (primary N) is 1. The van der Waals surface area contributed by atoms with Crippen molar-refractivity contribution in [3.05, 3.63) is 0 Å². The second-order valence-corrected chi connectivity index (χ2v) is 7.39. The molecule has 1 atom stereocenters. The van der Waals surface area contributed by atoms with Gasteiger partial charge < -0.3 is 10.6 Å².